The van der Waals surface area contributed by atoms with Crippen LogP contribution in [-0.4, -0.2) is 68.5 Å². The zero-order valence-electron chi connectivity index (χ0n) is 41.7. The minimum Gasteiger partial charge on any atom is -0.756 e. The largest absolute Gasteiger partial charge is 0.756 e. The summed E-state index contributed by atoms with van der Waals surface area (Å²) in [4.78, 5) is 25.4. The molecule has 0 saturated heterocycles. The fraction of sp³-hybridized carbons (Fsp3) is 0.981. The molecule has 61 heavy (non-hydrogen) atoms. The Morgan fingerprint density at radius 2 is 0.803 bits per heavy atom. The third-order valence-corrected chi connectivity index (χ3v) is 13.6. The number of hydrogen-bond donors (Lipinski definition) is 2. The highest BCUT2D eigenvalue weighted by Crippen LogP contribution is 2.38. The average molecular weight is 887 g/mol. The first-order valence-corrected chi connectivity index (χ1v) is 28.3. The van der Waals surface area contributed by atoms with Crippen molar-refractivity contribution < 1.29 is 32.9 Å². The van der Waals surface area contributed by atoms with Crippen molar-refractivity contribution >= 4 is 13.7 Å². The lowest BCUT2D eigenvalue weighted by molar-refractivity contribution is -0.870. The van der Waals surface area contributed by atoms with Gasteiger partial charge in [-0.1, -0.05) is 258 Å². The molecule has 0 rings (SSSR count). The fourth-order valence-electron chi connectivity index (χ4n) is 8.34. The molecule has 0 bridgehead atoms. The first-order chi connectivity index (χ1) is 29.5. The van der Waals surface area contributed by atoms with E-state index < -0.39 is 20.0 Å². The number of rotatable bonds is 50. The lowest BCUT2D eigenvalue weighted by Crippen LogP contribution is -2.46. The Labute approximate surface area is 380 Å². The normalized spacial score (nSPS) is 14.0. The van der Waals surface area contributed by atoms with Crippen molar-refractivity contribution in [2.24, 2.45) is 0 Å². The van der Waals surface area contributed by atoms with Gasteiger partial charge in [-0.05, 0) is 12.8 Å². The molecule has 366 valence electrons. The summed E-state index contributed by atoms with van der Waals surface area (Å²) < 4.78 is 23.4. The van der Waals surface area contributed by atoms with E-state index in [-0.39, 0.29) is 19.1 Å². The van der Waals surface area contributed by atoms with Crippen LogP contribution in [0.4, 0.5) is 0 Å². The van der Waals surface area contributed by atoms with E-state index in [1.54, 1.807) is 0 Å². The first-order valence-electron chi connectivity index (χ1n) is 26.9. The van der Waals surface area contributed by atoms with Crippen LogP contribution >= 0.6 is 7.82 Å². The molecule has 9 heteroatoms. The maximum atomic E-state index is 12.9. The van der Waals surface area contributed by atoms with Crippen LogP contribution in [-0.2, 0) is 18.4 Å². The third-order valence-electron chi connectivity index (χ3n) is 12.6. The third kappa shape index (κ3) is 47.3. The number of hydrogen-bond acceptors (Lipinski definition) is 6. The number of aliphatic hydroxyl groups excluding tert-OH is 1. The predicted molar refractivity (Wildman–Crippen MR) is 261 cm³/mol. The van der Waals surface area contributed by atoms with Gasteiger partial charge < -0.3 is 28.8 Å². The standard InChI is InChI=1S/C52H107N2O6P/c1-6-8-10-12-14-16-18-20-22-23-24-25-26-27-28-29-30-32-33-35-37-39-41-43-45-51(55)50(49-60-61(57,58)59-48-47-54(3,4)5)53-52(56)46-44-42-40-38-36-34-31-21-19-17-15-13-11-9-7-2/h50-51,55H,6-49H2,1-5H3,(H-,53,56,57,58). The summed E-state index contributed by atoms with van der Waals surface area (Å²) in [6.07, 6.45) is 51.2. The molecular formula is C52H107N2O6P. The molecule has 0 saturated carbocycles. The van der Waals surface area contributed by atoms with Gasteiger partial charge in [-0.25, -0.2) is 0 Å². The highest BCUT2D eigenvalue weighted by molar-refractivity contribution is 7.45. The van der Waals surface area contributed by atoms with Gasteiger partial charge in [0.25, 0.3) is 7.82 Å². The number of carbonyl (C=O) groups is 1. The van der Waals surface area contributed by atoms with Crippen LogP contribution in [0.15, 0.2) is 0 Å². The fourth-order valence-corrected chi connectivity index (χ4v) is 9.06. The number of amides is 1. The van der Waals surface area contributed by atoms with Crippen molar-refractivity contribution in [1.82, 2.24) is 5.32 Å². The molecule has 3 unspecified atom stereocenters. The number of quaternary nitrogens is 1. The zero-order chi connectivity index (χ0) is 45.0. The number of aliphatic hydroxyl groups is 1. The van der Waals surface area contributed by atoms with Crippen molar-refractivity contribution in [1.29, 1.82) is 0 Å². The average Bonchev–Trinajstić information content (AvgIpc) is 3.21. The summed E-state index contributed by atoms with van der Waals surface area (Å²) in [5.74, 6) is -0.159. The number of nitrogens with zero attached hydrogens (tertiary/aromatic N) is 1. The van der Waals surface area contributed by atoms with E-state index in [1.165, 1.54) is 212 Å². The van der Waals surface area contributed by atoms with Gasteiger partial charge in [0.15, 0.2) is 0 Å². The molecule has 0 heterocycles. The molecule has 0 aliphatic rings. The minimum atomic E-state index is -4.56. The summed E-state index contributed by atoms with van der Waals surface area (Å²) in [7, 11) is 1.32. The van der Waals surface area contributed by atoms with Gasteiger partial charge in [-0.3, -0.25) is 9.36 Å². The van der Waals surface area contributed by atoms with Crippen LogP contribution in [0.3, 0.4) is 0 Å². The van der Waals surface area contributed by atoms with Crippen LogP contribution in [0.1, 0.15) is 277 Å². The Balaban J connectivity index is 4.15. The molecule has 0 aliphatic heterocycles. The highest BCUT2D eigenvalue weighted by atomic mass is 31.2. The van der Waals surface area contributed by atoms with Gasteiger partial charge in [-0.15, -0.1) is 0 Å². The number of phosphoric ester groups is 1. The maximum absolute atomic E-state index is 12.9. The summed E-state index contributed by atoms with van der Waals surface area (Å²) in [6.45, 7) is 4.76. The van der Waals surface area contributed by atoms with Gasteiger partial charge in [0.05, 0.1) is 39.9 Å². The molecule has 0 aromatic heterocycles. The van der Waals surface area contributed by atoms with Crippen molar-refractivity contribution in [3.63, 3.8) is 0 Å². The lowest BCUT2D eigenvalue weighted by Gasteiger charge is -2.30. The number of likely N-dealkylation sites (N-methyl/N-ethyl adjacent to an activating group) is 1. The SMILES string of the molecule is CCCCCCCCCCCCCCCCCCCCCCCCCCC(O)C(COP(=O)([O-])OCC[N+](C)(C)C)NC(=O)CCCCCCCCCCCCCCCCC. The van der Waals surface area contributed by atoms with Gasteiger partial charge in [-0.2, -0.15) is 0 Å². The van der Waals surface area contributed by atoms with E-state index in [9.17, 15) is 19.4 Å². The number of nitrogens with one attached hydrogen (secondary N) is 1. The molecule has 8 nitrogen and oxygen atoms in total. The second-order valence-corrected chi connectivity index (χ2v) is 21.4. The highest BCUT2D eigenvalue weighted by Gasteiger charge is 2.24. The Morgan fingerprint density at radius 3 is 1.11 bits per heavy atom. The second-order valence-electron chi connectivity index (χ2n) is 20.0. The smallest absolute Gasteiger partial charge is 0.268 e. The van der Waals surface area contributed by atoms with Crippen molar-refractivity contribution in [2.75, 3.05) is 40.9 Å². The monoisotopic (exact) mass is 887 g/mol. The van der Waals surface area contributed by atoms with Crippen LogP contribution in [0.25, 0.3) is 0 Å². The van der Waals surface area contributed by atoms with E-state index in [2.05, 4.69) is 19.2 Å². The first kappa shape index (κ1) is 60.5. The summed E-state index contributed by atoms with van der Waals surface area (Å²) in [6, 6.07) is -0.794. The van der Waals surface area contributed by atoms with E-state index in [0.717, 1.165) is 38.5 Å². The van der Waals surface area contributed by atoms with Crippen LogP contribution in [0.2, 0.25) is 0 Å². The molecule has 0 aromatic rings. The topological polar surface area (TPSA) is 108 Å². The Kier molecular flexibility index (Phi) is 44.3. The lowest BCUT2D eigenvalue weighted by atomic mass is 10.0. The number of unbranched alkanes of at least 4 members (excludes halogenated alkanes) is 37. The Morgan fingerprint density at radius 1 is 0.508 bits per heavy atom. The van der Waals surface area contributed by atoms with Crippen molar-refractivity contribution in [2.45, 2.75) is 289 Å². The van der Waals surface area contributed by atoms with Crippen LogP contribution < -0.4 is 10.2 Å². The molecule has 0 fully saturated rings. The molecule has 3 atom stereocenters. The molecular weight excluding hydrogens is 780 g/mol. The Hall–Kier alpha value is -0.500. The summed E-state index contributed by atoms with van der Waals surface area (Å²) >= 11 is 0. The van der Waals surface area contributed by atoms with Gasteiger partial charge >= 0.3 is 0 Å². The molecule has 0 spiro atoms. The predicted octanol–water partition coefficient (Wildman–Crippen LogP) is 15.1. The Bertz CT molecular complexity index is 963. The molecule has 0 radical (unpaired) electrons. The van der Waals surface area contributed by atoms with Crippen LogP contribution in [0, 0.1) is 0 Å². The van der Waals surface area contributed by atoms with Gasteiger partial charge in [0.1, 0.15) is 13.2 Å². The minimum absolute atomic E-state index is 0.0165. The van der Waals surface area contributed by atoms with E-state index >= 15 is 0 Å². The van der Waals surface area contributed by atoms with E-state index in [4.69, 9.17) is 9.05 Å². The molecule has 1 amide bonds. The molecule has 2 N–H and O–H groups in total. The number of carbonyl (C=O) groups excluding carboxylic acids is 1. The second kappa shape index (κ2) is 44.7. The summed E-state index contributed by atoms with van der Waals surface area (Å²) in [5, 5.41) is 14.0. The van der Waals surface area contributed by atoms with Crippen LogP contribution in [0.5, 0.6) is 0 Å². The van der Waals surface area contributed by atoms with Gasteiger partial charge in [0.2, 0.25) is 5.91 Å². The van der Waals surface area contributed by atoms with E-state index in [1.807, 2.05) is 21.1 Å². The molecule has 0 aromatic carbocycles. The van der Waals surface area contributed by atoms with Crippen molar-refractivity contribution in [3.05, 3.63) is 0 Å². The van der Waals surface area contributed by atoms with Crippen molar-refractivity contribution in [3.8, 4) is 0 Å². The van der Waals surface area contributed by atoms with Gasteiger partial charge in [0, 0.05) is 6.42 Å². The number of phosphoric acid groups is 1. The zero-order valence-corrected chi connectivity index (χ0v) is 42.5. The van der Waals surface area contributed by atoms with E-state index in [0.29, 0.717) is 23.9 Å². The molecule has 0 aliphatic carbocycles. The summed E-state index contributed by atoms with van der Waals surface area (Å²) in [5.41, 5.74) is 0. The quantitative estimate of drug-likeness (QED) is 0.0358. The maximum Gasteiger partial charge on any atom is 0.268 e.